The van der Waals surface area contributed by atoms with E-state index >= 15 is 0 Å². The molecule has 3 nitrogen and oxygen atoms in total. The van der Waals surface area contributed by atoms with Gasteiger partial charge in [0, 0.05) is 18.2 Å². The molecular formula is C14H22ClNO2. The van der Waals surface area contributed by atoms with Crippen molar-refractivity contribution in [2.45, 2.75) is 33.2 Å². The van der Waals surface area contributed by atoms with Gasteiger partial charge in [-0.2, -0.15) is 0 Å². The maximum Gasteiger partial charge on any atom is 0.162 e. The summed E-state index contributed by atoms with van der Waals surface area (Å²) in [7, 11) is 3.22. The van der Waals surface area contributed by atoms with Crippen molar-refractivity contribution in [1.82, 2.24) is 0 Å². The zero-order valence-corrected chi connectivity index (χ0v) is 12.5. The standard InChI is InChI=1S/C14H22ClNO2/c1-6-11(9(2)3)16-12-8-14(18-5)13(17-4)7-10(12)15/h7-9,11,16H,6H2,1-5H3. The van der Waals surface area contributed by atoms with Crippen LogP contribution in [-0.2, 0) is 0 Å². The van der Waals surface area contributed by atoms with Crippen molar-refractivity contribution in [3.05, 3.63) is 17.2 Å². The second-order valence-corrected chi connectivity index (χ2v) is 5.00. The lowest BCUT2D eigenvalue weighted by Crippen LogP contribution is -2.24. The van der Waals surface area contributed by atoms with Crippen molar-refractivity contribution < 1.29 is 9.47 Å². The van der Waals surface area contributed by atoms with Gasteiger partial charge in [-0.05, 0) is 12.3 Å². The molecule has 1 aromatic rings. The maximum atomic E-state index is 6.24. The van der Waals surface area contributed by atoms with E-state index in [4.69, 9.17) is 21.1 Å². The van der Waals surface area contributed by atoms with Crippen LogP contribution < -0.4 is 14.8 Å². The molecule has 0 aliphatic heterocycles. The molecule has 0 saturated heterocycles. The average Bonchev–Trinajstić information content (AvgIpc) is 2.36. The van der Waals surface area contributed by atoms with Crippen LogP contribution in [-0.4, -0.2) is 20.3 Å². The Morgan fingerprint density at radius 2 is 1.72 bits per heavy atom. The number of rotatable bonds is 6. The average molecular weight is 272 g/mol. The number of halogens is 1. The lowest BCUT2D eigenvalue weighted by molar-refractivity contribution is 0.355. The minimum Gasteiger partial charge on any atom is -0.493 e. The Morgan fingerprint density at radius 3 is 2.17 bits per heavy atom. The summed E-state index contributed by atoms with van der Waals surface area (Å²) < 4.78 is 10.5. The van der Waals surface area contributed by atoms with Gasteiger partial charge >= 0.3 is 0 Å². The highest BCUT2D eigenvalue weighted by molar-refractivity contribution is 6.33. The fraction of sp³-hybridized carbons (Fsp3) is 0.571. The predicted molar refractivity (Wildman–Crippen MR) is 77.1 cm³/mol. The van der Waals surface area contributed by atoms with Crippen molar-refractivity contribution in [1.29, 1.82) is 0 Å². The van der Waals surface area contributed by atoms with Crippen LogP contribution in [0.5, 0.6) is 11.5 Å². The van der Waals surface area contributed by atoms with Crippen molar-refractivity contribution in [3.8, 4) is 11.5 Å². The molecule has 0 spiro atoms. The molecule has 4 heteroatoms. The lowest BCUT2D eigenvalue weighted by Gasteiger charge is -2.23. The van der Waals surface area contributed by atoms with Gasteiger partial charge in [0.05, 0.1) is 24.9 Å². The van der Waals surface area contributed by atoms with E-state index in [9.17, 15) is 0 Å². The first-order valence-electron chi connectivity index (χ1n) is 6.21. The van der Waals surface area contributed by atoms with Gasteiger partial charge in [0.2, 0.25) is 0 Å². The van der Waals surface area contributed by atoms with Gasteiger partial charge in [-0.15, -0.1) is 0 Å². The van der Waals surface area contributed by atoms with E-state index in [1.807, 2.05) is 6.07 Å². The van der Waals surface area contributed by atoms with E-state index in [1.165, 1.54) is 0 Å². The minimum absolute atomic E-state index is 0.389. The molecule has 1 atom stereocenters. The molecule has 0 saturated carbocycles. The summed E-state index contributed by atoms with van der Waals surface area (Å²) in [6.45, 7) is 6.54. The fourth-order valence-corrected chi connectivity index (χ4v) is 2.11. The third kappa shape index (κ3) is 3.45. The highest BCUT2D eigenvalue weighted by atomic mass is 35.5. The van der Waals surface area contributed by atoms with E-state index in [0.29, 0.717) is 28.5 Å². The summed E-state index contributed by atoms with van der Waals surface area (Å²) in [4.78, 5) is 0. The Bertz CT molecular complexity index is 394. The van der Waals surface area contributed by atoms with Gasteiger partial charge < -0.3 is 14.8 Å². The van der Waals surface area contributed by atoms with Crippen molar-refractivity contribution >= 4 is 17.3 Å². The zero-order chi connectivity index (χ0) is 13.7. The topological polar surface area (TPSA) is 30.5 Å². The van der Waals surface area contributed by atoms with Gasteiger partial charge in [0.25, 0.3) is 0 Å². The Kier molecular flexibility index (Phi) is 5.60. The summed E-state index contributed by atoms with van der Waals surface area (Å²) in [6.07, 6.45) is 1.04. The highest BCUT2D eigenvalue weighted by Gasteiger charge is 2.15. The van der Waals surface area contributed by atoms with Gasteiger partial charge in [-0.25, -0.2) is 0 Å². The van der Waals surface area contributed by atoms with Crippen LogP contribution in [0.3, 0.4) is 0 Å². The van der Waals surface area contributed by atoms with E-state index in [2.05, 4.69) is 26.1 Å². The molecular weight excluding hydrogens is 250 g/mol. The van der Waals surface area contributed by atoms with Crippen molar-refractivity contribution in [2.24, 2.45) is 5.92 Å². The molecule has 102 valence electrons. The third-order valence-corrected chi connectivity index (χ3v) is 3.37. The number of nitrogens with one attached hydrogen (secondary N) is 1. The second kappa shape index (κ2) is 6.74. The molecule has 0 aliphatic carbocycles. The van der Waals surface area contributed by atoms with E-state index in [0.717, 1.165) is 12.1 Å². The summed E-state index contributed by atoms with van der Waals surface area (Å²) in [5, 5.41) is 4.10. The predicted octanol–water partition coefficient (Wildman–Crippen LogP) is 4.20. The van der Waals surface area contributed by atoms with E-state index < -0.39 is 0 Å². The highest BCUT2D eigenvalue weighted by Crippen LogP contribution is 2.36. The molecule has 0 aliphatic rings. The van der Waals surface area contributed by atoms with Crippen LogP contribution in [0.4, 0.5) is 5.69 Å². The third-order valence-electron chi connectivity index (χ3n) is 3.06. The first-order chi connectivity index (χ1) is 8.53. The first kappa shape index (κ1) is 15.0. The van der Waals surface area contributed by atoms with Crippen molar-refractivity contribution in [2.75, 3.05) is 19.5 Å². The van der Waals surface area contributed by atoms with Crippen LogP contribution in [0.1, 0.15) is 27.2 Å². The SMILES string of the molecule is CCC(Nc1cc(OC)c(OC)cc1Cl)C(C)C. The monoisotopic (exact) mass is 271 g/mol. The van der Waals surface area contributed by atoms with Gasteiger partial charge in [-0.3, -0.25) is 0 Å². The number of methoxy groups -OCH3 is 2. The molecule has 0 radical (unpaired) electrons. The Hall–Kier alpha value is -1.09. The maximum absolute atomic E-state index is 6.24. The number of benzene rings is 1. The van der Waals surface area contributed by atoms with Crippen LogP contribution in [0.2, 0.25) is 5.02 Å². The van der Waals surface area contributed by atoms with E-state index in [-0.39, 0.29) is 0 Å². The molecule has 1 N–H and O–H groups in total. The molecule has 1 aromatic carbocycles. The van der Waals surface area contributed by atoms with Gasteiger partial charge in [-0.1, -0.05) is 32.4 Å². The largest absolute Gasteiger partial charge is 0.493 e. The Morgan fingerprint density at radius 1 is 1.17 bits per heavy atom. The van der Waals surface area contributed by atoms with E-state index in [1.54, 1.807) is 20.3 Å². The van der Waals surface area contributed by atoms with Crippen LogP contribution in [0, 0.1) is 5.92 Å². The molecule has 18 heavy (non-hydrogen) atoms. The molecule has 0 fully saturated rings. The molecule has 0 bridgehead atoms. The summed E-state index contributed by atoms with van der Waals surface area (Å²) >= 11 is 6.24. The van der Waals surface area contributed by atoms with Gasteiger partial charge in [0.15, 0.2) is 11.5 Å². The summed E-state index contributed by atoms with van der Waals surface area (Å²) in [5.41, 5.74) is 0.884. The van der Waals surface area contributed by atoms with Crippen LogP contribution in [0.15, 0.2) is 12.1 Å². The van der Waals surface area contributed by atoms with Crippen LogP contribution >= 0.6 is 11.6 Å². The number of ether oxygens (including phenoxy) is 2. The molecule has 0 aromatic heterocycles. The molecule has 0 amide bonds. The quantitative estimate of drug-likeness (QED) is 0.841. The Labute approximate surface area is 114 Å². The smallest absolute Gasteiger partial charge is 0.162 e. The lowest BCUT2D eigenvalue weighted by atomic mass is 10.0. The number of anilines is 1. The Balaban J connectivity index is 3.02. The van der Waals surface area contributed by atoms with Crippen LogP contribution in [0.25, 0.3) is 0 Å². The fourth-order valence-electron chi connectivity index (χ4n) is 1.90. The summed E-state index contributed by atoms with van der Waals surface area (Å²) in [6, 6.07) is 4.04. The molecule has 1 unspecified atom stereocenters. The number of hydrogen-bond donors (Lipinski definition) is 1. The first-order valence-corrected chi connectivity index (χ1v) is 6.59. The minimum atomic E-state index is 0.389. The second-order valence-electron chi connectivity index (χ2n) is 4.59. The normalized spacial score (nSPS) is 12.4. The van der Waals surface area contributed by atoms with Gasteiger partial charge in [0.1, 0.15) is 0 Å². The molecule has 0 heterocycles. The summed E-state index contributed by atoms with van der Waals surface area (Å²) in [5.74, 6) is 1.87. The zero-order valence-electron chi connectivity index (χ0n) is 11.7. The van der Waals surface area contributed by atoms with Crippen molar-refractivity contribution in [3.63, 3.8) is 0 Å². The number of hydrogen-bond acceptors (Lipinski definition) is 3. The molecule has 1 rings (SSSR count).